The summed E-state index contributed by atoms with van der Waals surface area (Å²) in [6.45, 7) is 3.10. The van der Waals surface area contributed by atoms with Crippen LogP contribution in [0.4, 0.5) is 0 Å². The standard InChI is InChI=1S/C17H23N5O3S/c1-20-15(23)13-12(18-17(20)25)14(26-19-13)16(24)22-9-7-21(8-10-22)11-5-3-2-4-6-11/h11H,2-10H2,1H3,(H,18,25). The number of amides is 1. The number of aromatic amines is 1. The lowest BCUT2D eigenvalue weighted by Crippen LogP contribution is -2.52. The second-order valence-corrected chi connectivity index (χ2v) is 7.92. The van der Waals surface area contributed by atoms with Gasteiger partial charge in [-0.2, -0.15) is 4.37 Å². The van der Waals surface area contributed by atoms with Gasteiger partial charge < -0.3 is 9.88 Å². The molecule has 2 aromatic rings. The van der Waals surface area contributed by atoms with Crippen molar-refractivity contribution < 1.29 is 4.79 Å². The maximum absolute atomic E-state index is 12.9. The van der Waals surface area contributed by atoms with Crippen LogP contribution in [0.3, 0.4) is 0 Å². The van der Waals surface area contributed by atoms with Gasteiger partial charge in [0.25, 0.3) is 11.5 Å². The third kappa shape index (κ3) is 2.99. The molecule has 8 nitrogen and oxygen atoms in total. The number of aromatic nitrogens is 3. The van der Waals surface area contributed by atoms with Gasteiger partial charge in [-0.15, -0.1) is 0 Å². The lowest BCUT2D eigenvalue weighted by atomic mass is 9.94. The number of hydrogen-bond donors (Lipinski definition) is 1. The first-order valence-corrected chi connectivity index (χ1v) is 9.95. The summed E-state index contributed by atoms with van der Waals surface area (Å²) in [6.07, 6.45) is 6.47. The predicted molar refractivity (Wildman–Crippen MR) is 99.8 cm³/mol. The van der Waals surface area contributed by atoms with Crippen molar-refractivity contribution in [1.82, 2.24) is 23.7 Å². The van der Waals surface area contributed by atoms with Crippen molar-refractivity contribution in [3.05, 3.63) is 25.7 Å². The number of fused-ring (bicyclic) bond motifs is 1. The van der Waals surface area contributed by atoms with E-state index in [4.69, 9.17) is 0 Å². The van der Waals surface area contributed by atoms with Gasteiger partial charge in [0.2, 0.25) is 0 Å². The molecular weight excluding hydrogens is 354 g/mol. The number of piperazine rings is 1. The molecular formula is C17H23N5O3S. The van der Waals surface area contributed by atoms with Crippen molar-refractivity contribution in [2.45, 2.75) is 38.1 Å². The van der Waals surface area contributed by atoms with Crippen LogP contribution in [-0.4, -0.2) is 61.9 Å². The molecule has 26 heavy (non-hydrogen) atoms. The summed E-state index contributed by atoms with van der Waals surface area (Å²) >= 11 is 0.987. The molecule has 4 rings (SSSR count). The first-order valence-electron chi connectivity index (χ1n) is 9.18. The van der Waals surface area contributed by atoms with Crippen LogP contribution >= 0.6 is 11.5 Å². The summed E-state index contributed by atoms with van der Waals surface area (Å²) in [4.78, 5) is 44.2. The van der Waals surface area contributed by atoms with Crippen molar-refractivity contribution in [2.75, 3.05) is 26.2 Å². The molecule has 9 heteroatoms. The molecule has 2 fully saturated rings. The molecule has 2 aliphatic rings. The number of carbonyl (C=O) groups excluding carboxylic acids is 1. The highest BCUT2D eigenvalue weighted by Crippen LogP contribution is 2.25. The van der Waals surface area contributed by atoms with Gasteiger partial charge in [-0.25, -0.2) is 4.79 Å². The highest BCUT2D eigenvalue weighted by Gasteiger charge is 2.29. The summed E-state index contributed by atoms with van der Waals surface area (Å²) in [6, 6.07) is 0.657. The summed E-state index contributed by atoms with van der Waals surface area (Å²) in [5.41, 5.74) is -0.580. The van der Waals surface area contributed by atoms with E-state index in [-0.39, 0.29) is 16.9 Å². The Morgan fingerprint density at radius 3 is 2.50 bits per heavy atom. The second kappa shape index (κ2) is 6.96. The molecule has 0 aromatic carbocycles. The van der Waals surface area contributed by atoms with Gasteiger partial charge in [0, 0.05) is 39.3 Å². The molecule has 0 radical (unpaired) electrons. The highest BCUT2D eigenvalue weighted by molar-refractivity contribution is 7.09. The Morgan fingerprint density at radius 2 is 1.81 bits per heavy atom. The number of carbonyl (C=O) groups is 1. The lowest BCUT2D eigenvalue weighted by molar-refractivity contribution is 0.0528. The van der Waals surface area contributed by atoms with E-state index in [2.05, 4.69) is 14.3 Å². The molecule has 0 atom stereocenters. The summed E-state index contributed by atoms with van der Waals surface area (Å²) in [5, 5.41) is 0. The zero-order valence-electron chi connectivity index (χ0n) is 14.9. The Bertz CT molecular complexity index is 932. The average molecular weight is 377 g/mol. The van der Waals surface area contributed by atoms with Gasteiger partial charge in [0.15, 0.2) is 5.52 Å². The molecule has 1 N–H and O–H groups in total. The SMILES string of the molecule is Cn1c(=O)[nH]c2c(C(=O)N3CCN(C4CCCCC4)CC3)snc2c1=O. The zero-order valence-corrected chi connectivity index (χ0v) is 15.7. The first kappa shape index (κ1) is 17.4. The minimum absolute atomic E-state index is 0.148. The molecule has 140 valence electrons. The van der Waals surface area contributed by atoms with Gasteiger partial charge in [-0.05, 0) is 24.4 Å². The average Bonchev–Trinajstić information content (AvgIpc) is 3.10. The third-order valence-electron chi connectivity index (χ3n) is 5.62. The van der Waals surface area contributed by atoms with E-state index in [1.807, 2.05) is 4.90 Å². The Morgan fingerprint density at radius 1 is 1.12 bits per heavy atom. The predicted octanol–water partition coefficient (Wildman–Crippen LogP) is 0.774. The first-order chi connectivity index (χ1) is 12.6. The van der Waals surface area contributed by atoms with Gasteiger partial charge in [-0.1, -0.05) is 19.3 Å². The monoisotopic (exact) mass is 377 g/mol. The summed E-state index contributed by atoms with van der Waals surface area (Å²) in [7, 11) is 1.39. The smallest absolute Gasteiger partial charge is 0.328 e. The van der Waals surface area contributed by atoms with E-state index < -0.39 is 11.2 Å². The van der Waals surface area contributed by atoms with Crippen LogP contribution in [0.2, 0.25) is 0 Å². The Kier molecular flexibility index (Phi) is 4.66. The van der Waals surface area contributed by atoms with Crippen LogP contribution in [0.15, 0.2) is 9.59 Å². The molecule has 1 aliphatic carbocycles. The van der Waals surface area contributed by atoms with Gasteiger partial charge in [0.1, 0.15) is 4.88 Å². The van der Waals surface area contributed by atoms with Crippen molar-refractivity contribution in [2.24, 2.45) is 7.05 Å². The highest BCUT2D eigenvalue weighted by atomic mass is 32.1. The van der Waals surface area contributed by atoms with E-state index >= 15 is 0 Å². The fourth-order valence-electron chi connectivity index (χ4n) is 4.02. The maximum Gasteiger partial charge on any atom is 0.328 e. The number of H-pyrrole nitrogens is 1. The topological polar surface area (TPSA) is 91.3 Å². The number of hydrogen-bond acceptors (Lipinski definition) is 6. The molecule has 0 spiro atoms. The molecule has 1 saturated heterocycles. The van der Waals surface area contributed by atoms with Crippen molar-refractivity contribution in [3.63, 3.8) is 0 Å². The number of nitrogens with zero attached hydrogens (tertiary/aromatic N) is 4. The Labute approximate surface area is 154 Å². The van der Waals surface area contributed by atoms with Gasteiger partial charge in [-0.3, -0.25) is 19.1 Å². The van der Waals surface area contributed by atoms with E-state index in [1.165, 1.54) is 39.2 Å². The molecule has 1 saturated carbocycles. The van der Waals surface area contributed by atoms with Crippen LogP contribution < -0.4 is 11.2 Å². The fourth-order valence-corrected chi connectivity index (χ4v) is 4.82. The molecule has 2 aromatic heterocycles. The minimum atomic E-state index is -0.529. The van der Waals surface area contributed by atoms with E-state index in [0.717, 1.165) is 29.2 Å². The van der Waals surface area contributed by atoms with E-state index in [1.54, 1.807) is 0 Å². The van der Waals surface area contributed by atoms with E-state index in [9.17, 15) is 14.4 Å². The van der Waals surface area contributed by atoms with E-state index in [0.29, 0.717) is 24.0 Å². The minimum Gasteiger partial charge on any atom is -0.335 e. The van der Waals surface area contributed by atoms with Crippen LogP contribution in [-0.2, 0) is 7.05 Å². The molecule has 1 amide bonds. The van der Waals surface area contributed by atoms with Crippen LogP contribution in [0.5, 0.6) is 0 Å². The van der Waals surface area contributed by atoms with Crippen molar-refractivity contribution in [3.8, 4) is 0 Å². The van der Waals surface area contributed by atoms with Gasteiger partial charge in [0.05, 0.1) is 5.52 Å². The van der Waals surface area contributed by atoms with Gasteiger partial charge >= 0.3 is 5.69 Å². The van der Waals surface area contributed by atoms with Crippen LogP contribution in [0, 0.1) is 0 Å². The molecule has 0 bridgehead atoms. The summed E-state index contributed by atoms with van der Waals surface area (Å²) in [5.74, 6) is -0.148. The zero-order chi connectivity index (χ0) is 18.3. The quantitative estimate of drug-likeness (QED) is 0.835. The van der Waals surface area contributed by atoms with Crippen molar-refractivity contribution >= 4 is 28.5 Å². The molecule has 0 unspecified atom stereocenters. The summed E-state index contributed by atoms with van der Waals surface area (Å²) < 4.78 is 5.08. The van der Waals surface area contributed by atoms with Crippen LogP contribution in [0.25, 0.3) is 11.0 Å². The third-order valence-corrected chi connectivity index (χ3v) is 6.46. The normalized spacial score (nSPS) is 20.0. The van der Waals surface area contributed by atoms with Crippen molar-refractivity contribution in [1.29, 1.82) is 0 Å². The lowest BCUT2D eigenvalue weighted by Gasteiger charge is -2.40. The number of rotatable bonds is 2. The Balaban J connectivity index is 1.51. The number of nitrogens with one attached hydrogen (secondary N) is 1. The van der Waals surface area contributed by atoms with Crippen LogP contribution in [0.1, 0.15) is 41.8 Å². The fraction of sp³-hybridized carbons (Fsp3) is 0.647. The molecule has 3 heterocycles. The molecule has 1 aliphatic heterocycles. The maximum atomic E-state index is 12.9. The largest absolute Gasteiger partial charge is 0.335 e. The Hall–Kier alpha value is -2.00. The second-order valence-electron chi connectivity index (χ2n) is 7.15.